The number of benzene rings is 1. The molecule has 3 N–H and O–H groups in total. The van der Waals surface area contributed by atoms with Crippen molar-refractivity contribution in [2.45, 2.75) is 39.7 Å². The van der Waals surface area contributed by atoms with Crippen LogP contribution in [0.5, 0.6) is 11.5 Å². The van der Waals surface area contributed by atoms with E-state index in [9.17, 15) is 4.79 Å². The zero-order chi connectivity index (χ0) is 18.9. The van der Waals surface area contributed by atoms with Gasteiger partial charge in [0.15, 0.2) is 5.11 Å². The molecule has 1 aromatic carbocycles. The third kappa shape index (κ3) is 6.03. The molecule has 0 spiro atoms. The van der Waals surface area contributed by atoms with Gasteiger partial charge in [0.05, 0.1) is 30.7 Å². The Hall–Kier alpha value is -2.06. The molecular weight excluding hydrogens is 354 g/mol. The lowest BCUT2D eigenvalue weighted by Gasteiger charge is -2.19. The Morgan fingerprint density at radius 2 is 1.81 bits per heavy atom. The van der Waals surface area contributed by atoms with Gasteiger partial charge in [-0.05, 0) is 38.9 Å². The Morgan fingerprint density at radius 1 is 1.19 bits per heavy atom. The normalized spacial score (nSPS) is 16.0. The molecule has 26 heavy (non-hydrogen) atoms. The summed E-state index contributed by atoms with van der Waals surface area (Å²) < 4.78 is 16.9. The highest BCUT2D eigenvalue weighted by Gasteiger charge is 2.17. The maximum Gasteiger partial charge on any atom is 0.221 e. The zero-order valence-electron chi connectivity index (χ0n) is 15.5. The fourth-order valence-electron chi connectivity index (χ4n) is 2.67. The molecule has 1 amide bonds. The molecule has 1 aliphatic rings. The first-order chi connectivity index (χ1) is 12.5. The third-order valence-corrected chi connectivity index (χ3v) is 4.00. The Bertz CT molecular complexity index is 633. The van der Waals surface area contributed by atoms with Crippen LogP contribution in [-0.2, 0) is 9.53 Å². The van der Waals surface area contributed by atoms with E-state index in [2.05, 4.69) is 16.0 Å². The first kappa shape index (κ1) is 20.3. The van der Waals surface area contributed by atoms with Gasteiger partial charge in [-0.15, -0.1) is 0 Å². The van der Waals surface area contributed by atoms with E-state index in [1.54, 1.807) is 12.1 Å². The summed E-state index contributed by atoms with van der Waals surface area (Å²) in [6.45, 7) is 7.66. The van der Waals surface area contributed by atoms with E-state index in [1.165, 1.54) is 6.92 Å². The molecule has 0 radical (unpaired) electrons. The van der Waals surface area contributed by atoms with E-state index in [4.69, 9.17) is 26.4 Å². The van der Waals surface area contributed by atoms with Gasteiger partial charge in [0.2, 0.25) is 5.91 Å². The molecule has 2 rings (SSSR count). The molecule has 7 nitrogen and oxygen atoms in total. The minimum absolute atomic E-state index is 0.178. The SMILES string of the molecule is CCOc1cc(NC(=S)NCC2CCCO2)c(OCC)cc1NC(C)=O. The van der Waals surface area contributed by atoms with E-state index >= 15 is 0 Å². The molecule has 1 fully saturated rings. The number of nitrogens with one attached hydrogen (secondary N) is 3. The number of carbonyl (C=O) groups excluding carboxylic acids is 1. The van der Waals surface area contributed by atoms with Gasteiger partial charge in [0, 0.05) is 32.2 Å². The Kier molecular flexibility index (Phi) is 7.93. The number of amides is 1. The van der Waals surface area contributed by atoms with Crippen molar-refractivity contribution in [3.63, 3.8) is 0 Å². The molecular formula is C18H27N3O4S. The van der Waals surface area contributed by atoms with Gasteiger partial charge in [-0.2, -0.15) is 0 Å². The van der Waals surface area contributed by atoms with Crippen LogP contribution in [0.3, 0.4) is 0 Å². The Morgan fingerprint density at radius 3 is 2.31 bits per heavy atom. The lowest BCUT2D eigenvalue weighted by molar-refractivity contribution is -0.114. The number of rotatable bonds is 8. The molecule has 0 saturated carbocycles. The van der Waals surface area contributed by atoms with Crippen molar-refractivity contribution in [3.8, 4) is 11.5 Å². The summed E-state index contributed by atoms with van der Waals surface area (Å²) in [5.74, 6) is 0.958. The lowest BCUT2D eigenvalue weighted by Crippen LogP contribution is -2.34. The predicted octanol–water partition coefficient (Wildman–Crippen LogP) is 2.91. The first-order valence-electron chi connectivity index (χ1n) is 8.91. The van der Waals surface area contributed by atoms with Gasteiger partial charge in [0.1, 0.15) is 11.5 Å². The van der Waals surface area contributed by atoms with Crippen molar-refractivity contribution in [2.75, 3.05) is 37.0 Å². The second-order valence-electron chi connectivity index (χ2n) is 5.86. The average molecular weight is 381 g/mol. The fourth-order valence-corrected chi connectivity index (χ4v) is 2.87. The smallest absolute Gasteiger partial charge is 0.221 e. The fraction of sp³-hybridized carbons (Fsp3) is 0.556. The average Bonchev–Trinajstić information content (AvgIpc) is 3.10. The van der Waals surface area contributed by atoms with E-state index in [1.807, 2.05) is 13.8 Å². The second-order valence-corrected chi connectivity index (χ2v) is 6.27. The number of carbonyl (C=O) groups is 1. The molecule has 144 valence electrons. The summed E-state index contributed by atoms with van der Waals surface area (Å²) in [6.07, 6.45) is 2.32. The predicted molar refractivity (Wildman–Crippen MR) is 106 cm³/mol. The zero-order valence-corrected chi connectivity index (χ0v) is 16.3. The molecule has 0 aromatic heterocycles. The number of hydrogen-bond acceptors (Lipinski definition) is 5. The Labute approximate surface area is 159 Å². The summed E-state index contributed by atoms with van der Waals surface area (Å²) >= 11 is 5.38. The van der Waals surface area contributed by atoms with E-state index < -0.39 is 0 Å². The van der Waals surface area contributed by atoms with Gasteiger partial charge in [0.25, 0.3) is 0 Å². The number of anilines is 2. The van der Waals surface area contributed by atoms with Crippen molar-refractivity contribution in [1.29, 1.82) is 0 Å². The summed E-state index contributed by atoms with van der Waals surface area (Å²) in [5.41, 5.74) is 1.24. The Balaban J connectivity index is 2.13. The first-order valence-corrected chi connectivity index (χ1v) is 9.32. The van der Waals surface area contributed by atoms with Gasteiger partial charge in [-0.3, -0.25) is 4.79 Å². The lowest BCUT2D eigenvalue weighted by atomic mass is 10.2. The van der Waals surface area contributed by atoms with Crippen LogP contribution in [0.25, 0.3) is 0 Å². The quantitative estimate of drug-likeness (QED) is 0.597. The summed E-state index contributed by atoms with van der Waals surface area (Å²) in [5, 5.41) is 9.56. The highest BCUT2D eigenvalue weighted by Crippen LogP contribution is 2.37. The molecule has 1 saturated heterocycles. The highest BCUT2D eigenvalue weighted by atomic mass is 32.1. The van der Waals surface area contributed by atoms with Crippen LogP contribution in [0, 0.1) is 0 Å². The molecule has 1 unspecified atom stereocenters. The number of ether oxygens (including phenoxy) is 3. The topological polar surface area (TPSA) is 80.8 Å². The van der Waals surface area contributed by atoms with E-state index in [0.29, 0.717) is 47.7 Å². The van der Waals surface area contributed by atoms with Crippen LogP contribution < -0.4 is 25.4 Å². The van der Waals surface area contributed by atoms with E-state index in [-0.39, 0.29) is 12.0 Å². The van der Waals surface area contributed by atoms with Crippen LogP contribution in [-0.4, -0.2) is 43.5 Å². The van der Waals surface area contributed by atoms with Crippen molar-refractivity contribution >= 4 is 34.6 Å². The summed E-state index contributed by atoms with van der Waals surface area (Å²) in [4.78, 5) is 11.4. The summed E-state index contributed by atoms with van der Waals surface area (Å²) in [7, 11) is 0. The van der Waals surface area contributed by atoms with Crippen molar-refractivity contribution in [3.05, 3.63) is 12.1 Å². The standard InChI is InChI=1S/C18H27N3O4S/c1-4-23-16-10-15(17(24-5-2)9-14(16)20-12(3)22)21-18(26)19-11-13-7-6-8-25-13/h9-10,13H,4-8,11H2,1-3H3,(H,20,22)(H2,19,21,26). The van der Waals surface area contributed by atoms with Crippen LogP contribution in [0.15, 0.2) is 12.1 Å². The maximum atomic E-state index is 11.4. The molecule has 0 bridgehead atoms. The third-order valence-electron chi connectivity index (χ3n) is 3.75. The molecule has 8 heteroatoms. The molecule has 1 aliphatic heterocycles. The van der Waals surface area contributed by atoms with Gasteiger partial charge >= 0.3 is 0 Å². The maximum absolute atomic E-state index is 11.4. The molecule has 1 aromatic rings. The monoisotopic (exact) mass is 381 g/mol. The molecule has 0 aliphatic carbocycles. The van der Waals surface area contributed by atoms with Crippen LogP contribution in [0.4, 0.5) is 11.4 Å². The number of hydrogen-bond donors (Lipinski definition) is 3. The molecule has 1 heterocycles. The second kappa shape index (κ2) is 10.2. The van der Waals surface area contributed by atoms with Gasteiger partial charge < -0.3 is 30.2 Å². The van der Waals surface area contributed by atoms with Crippen LogP contribution in [0.1, 0.15) is 33.6 Å². The molecule has 1 atom stereocenters. The van der Waals surface area contributed by atoms with Crippen molar-refractivity contribution < 1.29 is 19.0 Å². The van der Waals surface area contributed by atoms with Crippen LogP contribution in [0.2, 0.25) is 0 Å². The minimum Gasteiger partial charge on any atom is -0.492 e. The highest BCUT2D eigenvalue weighted by molar-refractivity contribution is 7.80. The number of thiocarbonyl (C=S) groups is 1. The van der Waals surface area contributed by atoms with Gasteiger partial charge in [-0.25, -0.2) is 0 Å². The van der Waals surface area contributed by atoms with Crippen molar-refractivity contribution in [1.82, 2.24) is 5.32 Å². The van der Waals surface area contributed by atoms with Gasteiger partial charge in [-0.1, -0.05) is 0 Å². The largest absolute Gasteiger partial charge is 0.492 e. The summed E-state index contributed by atoms with van der Waals surface area (Å²) in [6, 6.07) is 3.51. The van der Waals surface area contributed by atoms with E-state index in [0.717, 1.165) is 19.4 Å². The van der Waals surface area contributed by atoms with Crippen molar-refractivity contribution in [2.24, 2.45) is 0 Å². The minimum atomic E-state index is -0.178. The van der Waals surface area contributed by atoms with Crippen LogP contribution >= 0.6 is 12.2 Å².